The summed E-state index contributed by atoms with van der Waals surface area (Å²) in [6.45, 7) is 0. The van der Waals surface area contributed by atoms with Crippen LogP contribution in [0.15, 0.2) is 26.6 Å². The molecule has 0 heterocycles. The summed E-state index contributed by atoms with van der Waals surface area (Å²) >= 11 is 6.01. The van der Waals surface area contributed by atoms with Crippen LogP contribution in [0.5, 0.6) is 5.75 Å². The number of phenolic OH excluding ortho intramolecular Hbond substituents is 1. The number of sulfonamides is 1. The zero-order valence-electron chi connectivity index (χ0n) is 17.2. The molecule has 166 valence electrons. The third kappa shape index (κ3) is 4.28. The second kappa shape index (κ2) is 8.91. The van der Waals surface area contributed by atoms with Crippen LogP contribution in [0.1, 0.15) is 32.1 Å². The molecule has 1 aliphatic carbocycles. The molecule has 0 radical (unpaired) electrons. The van der Waals surface area contributed by atoms with E-state index in [-0.39, 0.29) is 28.0 Å². The van der Waals surface area contributed by atoms with Crippen LogP contribution in [0, 0.1) is 18.3 Å². The molecule has 0 amide bonds. The van der Waals surface area contributed by atoms with Crippen molar-refractivity contribution >= 4 is 38.7 Å². The summed E-state index contributed by atoms with van der Waals surface area (Å²) in [6.07, 6.45) is 10.8. The number of phenols is 1. The fraction of sp³-hybridized carbons (Fsp3) is 0.429. The zero-order chi connectivity index (χ0) is 22.9. The molecule has 0 saturated heterocycles. The number of hydrogen-bond donors (Lipinski definition) is 3. The van der Waals surface area contributed by atoms with E-state index in [4.69, 9.17) is 18.0 Å². The number of rotatable bonds is 7. The van der Waals surface area contributed by atoms with Crippen molar-refractivity contribution in [1.82, 2.24) is 4.31 Å². The van der Waals surface area contributed by atoms with Crippen LogP contribution in [-0.4, -0.2) is 38.0 Å². The van der Waals surface area contributed by atoms with Crippen molar-refractivity contribution < 1.29 is 13.5 Å². The SMILES string of the molecule is C#CC(Nc1c(Nc2ccc(Cl)c(S(=O)(=O)N(C)C)c2O)c(=O)c1=O)C1CCCCC1. The minimum atomic E-state index is -4.06. The van der Waals surface area contributed by atoms with Crippen LogP contribution in [0.25, 0.3) is 0 Å². The lowest BCUT2D eigenvalue weighted by molar-refractivity contribution is 0.347. The van der Waals surface area contributed by atoms with Crippen LogP contribution in [0.2, 0.25) is 5.02 Å². The Morgan fingerprint density at radius 3 is 2.35 bits per heavy atom. The van der Waals surface area contributed by atoms with Gasteiger partial charge in [-0.3, -0.25) is 9.59 Å². The summed E-state index contributed by atoms with van der Waals surface area (Å²) in [5, 5.41) is 16.1. The van der Waals surface area contributed by atoms with Gasteiger partial charge in [-0.1, -0.05) is 36.8 Å². The first-order valence-corrected chi connectivity index (χ1v) is 11.7. The van der Waals surface area contributed by atoms with Gasteiger partial charge in [-0.15, -0.1) is 6.42 Å². The first kappa shape index (κ1) is 23.1. The average Bonchev–Trinajstić information content (AvgIpc) is 2.74. The molecule has 3 N–H and O–H groups in total. The third-order valence-electron chi connectivity index (χ3n) is 5.59. The molecule has 0 bridgehead atoms. The lowest BCUT2D eigenvalue weighted by Crippen LogP contribution is -2.41. The maximum absolute atomic E-state index is 12.5. The topological polar surface area (TPSA) is 116 Å². The van der Waals surface area contributed by atoms with Gasteiger partial charge in [0.25, 0.3) is 10.9 Å². The second-order valence-electron chi connectivity index (χ2n) is 7.78. The minimum absolute atomic E-state index is 0.0323. The first-order valence-electron chi connectivity index (χ1n) is 9.86. The third-order valence-corrected chi connectivity index (χ3v) is 7.91. The Hall–Kier alpha value is -2.54. The van der Waals surface area contributed by atoms with Crippen molar-refractivity contribution in [2.24, 2.45) is 5.92 Å². The quantitative estimate of drug-likeness (QED) is 0.327. The Labute approximate surface area is 186 Å². The van der Waals surface area contributed by atoms with Crippen LogP contribution >= 0.6 is 11.6 Å². The van der Waals surface area contributed by atoms with Gasteiger partial charge in [0.15, 0.2) is 5.75 Å². The number of halogens is 1. The highest BCUT2D eigenvalue weighted by Crippen LogP contribution is 2.39. The molecule has 0 aliphatic heterocycles. The highest BCUT2D eigenvalue weighted by Gasteiger charge is 2.30. The van der Waals surface area contributed by atoms with Crippen LogP contribution in [0.3, 0.4) is 0 Å². The van der Waals surface area contributed by atoms with E-state index in [9.17, 15) is 23.1 Å². The van der Waals surface area contributed by atoms with E-state index >= 15 is 0 Å². The maximum Gasteiger partial charge on any atom is 0.253 e. The number of benzene rings is 1. The van der Waals surface area contributed by atoms with Crippen molar-refractivity contribution in [2.75, 3.05) is 24.7 Å². The fourth-order valence-electron chi connectivity index (χ4n) is 3.78. The van der Waals surface area contributed by atoms with E-state index in [2.05, 4.69) is 16.6 Å². The molecule has 0 aromatic heterocycles. The summed E-state index contributed by atoms with van der Waals surface area (Å²) in [7, 11) is -1.46. The lowest BCUT2D eigenvalue weighted by Gasteiger charge is -2.29. The molecular formula is C21H24ClN3O5S. The van der Waals surface area contributed by atoms with Crippen LogP contribution in [-0.2, 0) is 10.0 Å². The standard InChI is InChI=1S/C21H24ClN3O5S/c1-4-14(12-8-6-5-7-9-12)23-16-17(20(28)19(16)27)24-15-11-10-13(22)21(18(15)26)31(29,30)25(2)3/h1,10-12,14,23-24,26H,5-9H2,2-3H3. The van der Waals surface area contributed by atoms with Gasteiger partial charge in [0.05, 0.1) is 16.8 Å². The van der Waals surface area contributed by atoms with E-state index < -0.39 is 37.6 Å². The summed E-state index contributed by atoms with van der Waals surface area (Å²) in [5.74, 6) is 2.20. The minimum Gasteiger partial charge on any atom is -0.504 e. The Morgan fingerprint density at radius 1 is 1.16 bits per heavy atom. The normalized spacial score (nSPS) is 16.2. The summed E-state index contributed by atoms with van der Waals surface area (Å²) in [6, 6.07) is 2.20. The van der Waals surface area contributed by atoms with Crippen molar-refractivity contribution in [1.29, 1.82) is 0 Å². The monoisotopic (exact) mass is 465 g/mol. The van der Waals surface area contributed by atoms with Crippen LogP contribution < -0.4 is 21.5 Å². The van der Waals surface area contributed by atoms with E-state index in [1.54, 1.807) is 0 Å². The molecule has 10 heteroatoms. The Bertz CT molecular complexity index is 1200. The highest BCUT2D eigenvalue weighted by atomic mass is 35.5. The number of anilines is 3. The molecule has 3 rings (SSSR count). The number of nitrogens with zero attached hydrogens (tertiary/aromatic N) is 1. The summed E-state index contributed by atoms with van der Waals surface area (Å²) in [5.41, 5.74) is -1.62. The van der Waals surface area contributed by atoms with E-state index in [0.29, 0.717) is 0 Å². The predicted octanol–water partition coefficient (Wildman–Crippen LogP) is 2.63. The Morgan fingerprint density at radius 2 is 1.77 bits per heavy atom. The average molecular weight is 466 g/mol. The van der Waals surface area contributed by atoms with Gasteiger partial charge in [0.1, 0.15) is 16.3 Å². The highest BCUT2D eigenvalue weighted by molar-refractivity contribution is 7.89. The summed E-state index contributed by atoms with van der Waals surface area (Å²) in [4.78, 5) is 23.9. The molecule has 1 aliphatic rings. The number of aromatic hydroxyl groups is 1. The smallest absolute Gasteiger partial charge is 0.253 e. The first-order chi connectivity index (χ1) is 14.6. The number of terminal acetylenes is 1. The zero-order valence-corrected chi connectivity index (χ0v) is 18.8. The number of hydrogen-bond acceptors (Lipinski definition) is 7. The van der Waals surface area contributed by atoms with Gasteiger partial charge in [-0.25, -0.2) is 12.7 Å². The molecule has 1 unspecified atom stereocenters. The van der Waals surface area contributed by atoms with Crippen LogP contribution in [0.4, 0.5) is 17.1 Å². The van der Waals surface area contributed by atoms with E-state index in [0.717, 1.165) is 36.4 Å². The molecule has 1 atom stereocenters. The van der Waals surface area contributed by atoms with Crippen molar-refractivity contribution in [3.8, 4) is 18.1 Å². The molecular weight excluding hydrogens is 442 g/mol. The Kier molecular flexibility index (Phi) is 6.65. The molecule has 31 heavy (non-hydrogen) atoms. The molecule has 1 saturated carbocycles. The molecule has 1 fully saturated rings. The maximum atomic E-state index is 12.5. The second-order valence-corrected chi connectivity index (χ2v) is 10.3. The Balaban J connectivity index is 1.93. The molecule has 2 aromatic carbocycles. The molecule has 0 spiro atoms. The largest absolute Gasteiger partial charge is 0.504 e. The van der Waals surface area contributed by atoms with Gasteiger partial charge >= 0.3 is 0 Å². The van der Waals surface area contributed by atoms with Gasteiger partial charge in [-0.05, 0) is 30.9 Å². The number of nitrogens with one attached hydrogen (secondary N) is 2. The van der Waals surface area contributed by atoms with Gasteiger partial charge in [0.2, 0.25) is 10.0 Å². The van der Waals surface area contributed by atoms with Gasteiger partial charge in [-0.2, -0.15) is 0 Å². The predicted molar refractivity (Wildman–Crippen MR) is 121 cm³/mol. The van der Waals surface area contributed by atoms with Gasteiger partial charge < -0.3 is 15.7 Å². The van der Waals surface area contributed by atoms with Crippen molar-refractivity contribution in [2.45, 2.75) is 43.0 Å². The lowest BCUT2D eigenvalue weighted by atomic mass is 9.84. The van der Waals surface area contributed by atoms with Crippen molar-refractivity contribution in [3.63, 3.8) is 0 Å². The van der Waals surface area contributed by atoms with Crippen molar-refractivity contribution in [3.05, 3.63) is 37.6 Å². The molecule has 8 nitrogen and oxygen atoms in total. The van der Waals surface area contributed by atoms with E-state index in [1.165, 1.54) is 26.2 Å². The van der Waals surface area contributed by atoms with E-state index in [1.807, 2.05) is 0 Å². The van der Waals surface area contributed by atoms with Gasteiger partial charge in [0, 0.05) is 14.1 Å². The fourth-order valence-corrected chi connectivity index (χ4v) is 5.26. The summed E-state index contributed by atoms with van der Waals surface area (Å²) < 4.78 is 25.9. The molecule has 2 aromatic rings.